The third-order valence-electron chi connectivity index (χ3n) is 6.31. The van der Waals surface area contributed by atoms with Gasteiger partial charge in [0.05, 0.1) is 0 Å². The molecule has 0 aromatic carbocycles. The molecule has 2 saturated carbocycles. The molecule has 3 fully saturated rings. The van der Waals surface area contributed by atoms with Crippen LogP contribution in [0.4, 0.5) is 4.79 Å². The lowest BCUT2D eigenvalue weighted by atomic mass is 9.78. The maximum Gasteiger partial charge on any atom is 0.326 e. The van der Waals surface area contributed by atoms with Crippen molar-refractivity contribution in [3.05, 3.63) is 0 Å². The quantitative estimate of drug-likeness (QED) is 0.566. The highest BCUT2D eigenvalue weighted by Gasteiger charge is 2.61. The van der Waals surface area contributed by atoms with Gasteiger partial charge in [-0.15, -0.1) is 0 Å². The molecule has 3 amide bonds. The van der Waals surface area contributed by atoms with Crippen molar-refractivity contribution in [2.24, 2.45) is 28.6 Å². The number of nitrogens with zero attached hydrogens (tertiary/aromatic N) is 1. The molecule has 1 aliphatic heterocycles. The van der Waals surface area contributed by atoms with Gasteiger partial charge in [0.2, 0.25) is 19.7 Å². The van der Waals surface area contributed by atoms with Gasteiger partial charge in [-0.25, -0.2) is 4.79 Å². The topological polar surface area (TPSA) is 104 Å². The fraction of sp³-hybridized carbons (Fsp3) is 0.778. The Morgan fingerprint density at radius 3 is 2.27 bits per heavy atom. The number of hydrogen-bond donors (Lipinski definition) is 2. The minimum Gasteiger partial charge on any atom is -0.480 e. The van der Waals surface area contributed by atoms with Gasteiger partial charge in [-0.1, -0.05) is 20.8 Å². The van der Waals surface area contributed by atoms with Crippen LogP contribution in [-0.2, 0) is 14.4 Å². The lowest BCUT2D eigenvalue weighted by molar-refractivity contribution is -0.155. The van der Waals surface area contributed by atoms with Gasteiger partial charge < -0.3 is 15.3 Å². The van der Waals surface area contributed by atoms with E-state index >= 15 is 0 Å². The Morgan fingerprint density at radius 2 is 1.81 bits per heavy atom. The van der Waals surface area contributed by atoms with E-state index in [0.29, 0.717) is 12.0 Å². The number of aliphatic carboxylic acids is 1. The third kappa shape index (κ3) is 3.26. The number of imide groups is 1. The molecule has 0 unspecified atom stereocenters. The van der Waals surface area contributed by atoms with Crippen molar-refractivity contribution in [2.45, 2.75) is 52.5 Å². The lowest BCUT2D eigenvalue weighted by Gasteiger charge is -2.34. The van der Waals surface area contributed by atoms with Crippen molar-refractivity contribution in [3.63, 3.8) is 0 Å². The second-order valence-electron chi connectivity index (χ2n) is 9.45. The molecule has 1 saturated heterocycles. The molecule has 4 atom stereocenters. The standard InChI is InChI=1S/C18H27BN2O5/c1-17(2,3)11(13(22)20-16(19)26)14(23)21-8-9-6-18(4-5-18)7-10(9)12(21)15(24)25/h9-12H,4-8,19H2,1-3H3,(H,24,25)(H,20,22,26)/t9-,10-,11+,12-/m0/s1. The molecule has 0 aromatic heterocycles. The first-order valence-electron chi connectivity index (χ1n) is 9.30. The minimum absolute atomic E-state index is 0.0320. The molecule has 142 valence electrons. The Bertz CT molecular complexity index is 667. The number of carbonyl (C=O) groups excluding carboxylic acids is 3. The third-order valence-corrected chi connectivity index (χ3v) is 6.31. The monoisotopic (exact) mass is 362 g/mol. The Hall–Kier alpha value is -1.86. The molecule has 0 bridgehead atoms. The molecule has 1 heterocycles. The molecular weight excluding hydrogens is 335 g/mol. The van der Waals surface area contributed by atoms with Crippen molar-refractivity contribution in [1.29, 1.82) is 0 Å². The molecule has 0 radical (unpaired) electrons. The number of rotatable bonds is 3. The summed E-state index contributed by atoms with van der Waals surface area (Å²) in [4.78, 5) is 50.4. The van der Waals surface area contributed by atoms with Crippen LogP contribution in [0.2, 0.25) is 0 Å². The molecule has 2 N–H and O–H groups in total. The van der Waals surface area contributed by atoms with E-state index in [4.69, 9.17) is 0 Å². The Balaban J connectivity index is 1.85. The summed E-state index contributed by atoms with van der Waals surface area (Å²) in [6.07, 6.45) is 4.15. The van der Waals surface area contributed by atoms with Crippen molar-refractivity contribution < 1.29 is 24.3 Å². The number of nitrogens with one attached hydrogen (secondary N) is 1. The van der Waals surface area contributed by atoms with Crippen LogP contribution in [-0.4, -0.2) is 54.0 Å². The zero-order valence-electron chi connectivity index (χ0n) is 15.9. The maximum atomic E-state index is 13.2. The van der Waals surface area contributed by atoms with E-state index in [2.05, 4.69) is 5.32 Å². The van der Waals surface area contributed by atoms with Crippen LogP contribution in [0.1, 0.15) is 46.5 Å². The normalized spacial score (nSPS) is 30.0. The summed E-state index contributed by atoms with van der Waals surface area (Å²) in [5, 5.41) is 12.0. The van der Waals surface area contributed by atoms with Gasteiger partial charge in [-0.05, 0) is 48.3 Å². The van der Waals surface area contributed by atoms with Crippen LogP contribution < -0.4 is 5.32 Å². The zero-order chi connectivity index (χ0) is 19.4. The largest absolute Gasteiger partial charge is 0.480 e. The summed E-state index contributed by atoms with van der Waals surface area (Å²) >= 11 is 0. The van der Waals surface area contributed by atoms with Gasteiger partial charge in [0.1, 0.15) is 12.0 Å². The smallest absolute Gasteiger partial charge is 0.326 e. The molecule has 26 heavy (non-hydrogen) atoms. The average molecular weight is 362 g/mol. The van der Waals surface area contributed by atoms with Gasteiger partial charge in [-0.3, -0.25) is 14.4 Å². The Labute approximate surface area is 154 Å². The summed E-state index contributed by atoms with van der Waals surface area (Å²) in [5.74, 6) is -3.60. The molecule has 2 aliphatic carbocycles. The van der Waals surface area contributed by atoms with Crippen molar-refractivity contribution in [3.8, 4) is 0 Å². The average Bonchev–Trinajstić information content (AvgIpc) is 2.95. The number of carboxylic acids is 1. The van der Waals surface area contributed by atoms with Crippen molar-refractivity contribution in [2.75, 3.05) is 6.54 Å². The second kappa shape index (κ2) is 6.10. The van der Waals surface area contributed by atoms with E-state index in [0.717, 1.165) is 25.7 Å². The molecular formula is C18H27BN2O5. The van der Waals surface area contributed by atoms with Crippen molar-refractivity contribution >= 4 is 31.4 Å². The summed E-state index contributed by atoms with van der Waals surface area (Å²) in [6.45, 7) is 5.64. The SMILES string of the molecule is BC(=O)NC(=O)[C@H](C(=O)N1C[C@@H]2CC3(CC3)C[C@@H]2[C@H]1C(=O)O)C(C)(C)C. The van der Waals surface area contributed by atoms with E-state index in [9.17, 15) is 24.3 Å². The van der Waals surface area contributed by atoms with Crippen LogP contribution in [0, 0.1) is 28.6 Å². The van der Waals surface area contributed by atoms with Gasteiger partial charge >= 0.3 is 5.97 Å². The zero-order valence-corrected chi connectivity index (χ0v) is 15.9. The van der Waals surface area contributed by atoms with Crippen LogP contribution in [0.5, 0.6) is 0 Å². The summed E-state index contributed by atoms with van der Waals surface area (Å²) in [5.41, 5.74) is -0.414. The lowest BCUT2D eigenvalue weighted by Crippen LogP contribution is -2.53. The number of likely N-dealkylation sites (tertiary alicyclic amines) is 1. The number of carbonyl (C=O) groups is 4. The second-order valence-corrected chi connectivity index (χ2v) is 9.45. The van der Waals surface area contributed by atoms with E-state index in [1.807, 2.05) is 0 Å². The first-order valence-corrected chi connectivity index (χ1v) is 9.30. The first kappa shape index (κ1) is 18.9. The predicted octanol–water partition coefficient (Wildman–Crippen LogP) is 0.620. The van der Waals surface area contributed by atoms with Gasteiger partial charge in [0.25, 0.3) is 0 Å². The van der Waals surface area contributed by atoms with E-state index in [1.54, 1.807) is 20.8 Å². The summed E-state index contributed by atoms with van der Waals surface area (Å²) in [6, 6.07) is -0.873. The van der Waals surface area contributed by atoms with E-state index in [-0.39, 0.29) is 11.8 Å². The Kier molecular flexibility index (Phi) is 4.44. The first-order chi connectivity index (χ1) is 11.9. The van der Waals surface area contributed by atoms with E-state index in [1.165, 1.54) is 12.7 Å². The van der Waals surface area contributed by atoms with Crippen LogP contribution in [0.25, 0.3) is 0 Å². The van der Waals surface area contributed by atoms with Gasteiger partial charge in [-0.2, -0.15) is 0 Å². The number of fused-ring (bicyclic) bond motifs is 1. The molecule has 1 spiro atoms. The highest BCUT2D eigenvalue weighted by Crippen LogP contribution is 2.64. The molecule has 0 aromatic rings. The predicted molar refractivity (Wildman–Crippen MR) is 96.0 cm³/mol. The number of hydrogen-bond acceptors (Lipinski definition) is 4. The molecule has 3 aliphatic rings. The van der Waals surface area contributed by atoms with E-state index < -0.39 is 41.0 Å². The highest BCUT2D eigenvalue weighted by atomic mass is 16.4. The van der Waals surface area contributed by atoms with Crippen LogP contribution in [0.3, 0.4) is 0 Å². The van der Waals surface area contributed by atoms with Gasteiger partial charge in [0.15, 0.2) is 5.81 Å². The van der Waals surface area contributed by atoms with Crippen LogP contribution in [0.15, 0.2) is 0 Å². The summed E-state index contributed by atoms with van der Waals surface area (Å²) in [7, 11) is 1.22. The minimum atomic E-state index is -1.10. The van der Waals surface area contributed by atoms with Crippen molar-refractivity contribution in [1.82, 2.24) is 10.2 Å². The molecule has 3 rings (SSSR count). The fourth-order valence-corrected chi connectivity index (χ4v) is 5.04. The number of amides is 3. The molecule has 8 heteroatoms. The highest BCUT2D eigenvalue weighted by molar-refractivity contribution is 6.58. The molecule has 7 nitrogen and oxygen atoms in total. The number of carboxylic acid groups (broad SMARTS) is 1. The fourth-order valence-electron chi connectivity index (χ4n) is 5.04. The van der Waals surface area contributed by atoms with Gasteiger partial charge in [0, 0.05) is 6.54 Å². The maximum absolute atomic E-state index is 13.2. The Morgan fingerprint density at radius 1 is 1.19 bits per heavy atom. The summed E-state index contributed by atoms with van der Waals surface area (Å²) < 4.78 is 0. The van der Waals surface area contributed by atoms with Crippen LogP contribution >= 0.6 is 0 Å².